The van der Waals surface area contributed by atoms with Gasteiger partial charge < -0.3 is 0 Å². The van der Waals surface area contributed by atoms with Gasteiger partial charge in [-0.2, -0.15) is 0 Å². The zero-order valence-corrected chi connectivity index (χ0v) is 10.3. The second kappa shape index (κ2) is 5.91. The predicted octanol–water partition coefficient (Wildman–Crippen LogP) is 0.750. The minimum absolute atomic E-state index is 0.549. The van der Waals surface area contributed by atoms with Crippen LogP contribution >= 0.6 is 11.6 Å². The highest BCUT2D eigenvalue weighted by molar-refractivity contribution is 6.18. The molecular formula is C10H22ClN3. The molecule has 0 aromatic rings. The molecule has 3 nitrogen and oxygen atoms in total. The molecule has 1 heterocycles. The van der Waals surface area contributed by atoms with Gasteiger partial charge in [0, 0.05) is 38.6 Å². The molecule has 0 radical (unpaired) electrons. The highest BCUT2D eigenvalue weighted by atomic mass is 35.5. The van der Waals surface area contributed by atoms with Crippen LogP contribution in [0.5, 0.6) is 0 Å². The Morgan fingerprint density at radius 3 is 2.21 bits per heavy atom. The molecule has 84 valence electrons. The van der Waals surface area contributed by atoms with Gasteiger partial charge in [-0.25, -0.2) is 0 Å². The Morgan fingerprint density at radius 2 is 1.79 bits per heavy atom. The van der Waals surface area contributed by atoms with Gasteiger partial charge >= 0.3 is 0 Å². The Morgan fingerprint density at radius 1 is 1.21 bits per heavy atom. The van der Waals surface area contributed by atoms with Gasteiger partial charge in [0.15, 0.2) is 0 Å². The first-order chi connectivity index (χ1) is 6.65. The topological polar surface area (TPSA) is 9.72 Å². The van der Waals surface area contributed by atoms with Crippen molar-refractivity contribution in [2.24, 2.45) is 0 Å². The van der Waals surface area contributed by atoms with E-state index in [1.54, 1.807) is 0 Å². The van der Waals surface area contributed by atoms with Crippen LogP contribution in [0.25, 0.3) is 0 Å². The summed E-state index contributed by atoms with van der Waals surface area (Å²) in [5, 5.41) is 0. The average molecular weight is 220 g/mol. The Labute approximate surface area is 92.6 Å². The van der Waals surface area contributed by atoms with Crippen molar-refractivity contribution in [1.29, 1.82) is 0 Å². The van der Waals surface area contributed by atoms with Crippen LogP contribution in [0.3, 0.4) is 0 Å². The summed E-state index contributed by atoms with van der Waals surface area (Å²) in [6.45, 7) is 7.94. The number of hydrogen-bond donors (Lipinski definition) is 0. The molecule has 1 aliphatic rings. The Balaban J connectivity index is 2.28. The van der Waals surface area contributed by atoms with Crippen molar-refractivity contribution in [2.45, 2.75) is 13.1 Å². The number of halogens is 1. The summed E-state index contributed by atoms with van der Waals surface area (Å²) in [7, 11) is 4.27. The van der Waals surface area contributed by atoms with Crippen molar-refractivity contribution in [2.75, 3.05) is 52.7 Å². The first kappa shape index (κ1) is 12.2. The van der Waals surface area contributed by atoms with Crippen molar-refractivity contribution in [3.63, 3.8) is 0 Å². The van der Waals surface area contributed by atoms with Gasteiger partial charge in [-0.15, -0.1) is 11.6 Å². The van der Waals surface area contributed by atoms with Gasteiger partial charge in [-0.05, 0) is 21.0 Å². The Hall–Kier alpha value is 0.170. The highest BCUT2D eigenvalue weighted by Crippen LogP contribution is 2.07. The normalized spacial score (nSPS) is 22.9. The number of rotatable bonds is 4. The Kier molecular flexibility index (Phi) is 5.17. The van der Waals surface area contributed by atoms with E-state index in [-0.39, 0.29) is 0 Å². The molecule has 1 saturated heterocycles. The van der Waals surface area contributed by atoms with Crippen LogP contribution in [0.2, 0.25) is 0 Å². The maximum atomic E-state index is 5.72. The van der Waals surface area contributed by atoms with E-state index in [9.17, 15) is 0 Å². The molecule has 14 heavy (non-hydrogen) atoms. The van der Waals surface area contributed by atoms with Crippen molar-refractivity contribution >= 4 is 11.6 Å². The van der Waals surface area contributed by atoms with E-state index < -0.39 is 0 Å². The van der Waals surface area contributed by atoms with E-state index >= 15 is 0 Å². The van der Waals surface area contributed by atoms with Crippen molar-refractivity contribution in [3.8, 4) is 0 Å². The molecule has 0 N–H and O–H groups in total. The summed E-state index contributed by atoms with van der Waals surface area (Å²) < 4.78 is 0. The number of hydrogen-bond acceptors (Lipinski definition) is 3. The lowest BCUT2D eigenvalue weighted by molar-refractivity contribution is 0.0438. The van der Waals surface area contributed by atoms with E-state index in [0.717, 1.165) is 38.6 Å². The predicted molar refractivity (Wildman–Crippen MR) is 61.9 cm³/mol. The van der Waals surface area contributed by atoms with Gasteiger partial charge in [0.2, 0.25) is 0 Å². The second-order valence-corrected chi connectivity index (χ2v) is 4.54. The summed E-state index contributed by atoms with van der Waals surface area (Å²) in [5.74, 6) is 0.753. The molecule has 1 fully saturated rings. The van der Waals surface area contributed by atoms with Crippen LogP contribution in [0.4, 0.5) is 0 Å². The van der Waals surface area contributed by atoms with Crippen molar-refractivity contribution < 1.29 is 0 Å². The average Bonchev–Trinajstić information content (AvgIpc) is 2.18. The molecule has 0 aliphatic carbocycles. The summed E-state index contributed by atoms with van der Waals surface area (Å²) in [4.78, 5) is 7.22. The molecule has 0 aromatic heterocycles. The first-order valence-corrected chi connectivity index (χ1v) is 5.87. The zero-order valence-electron chi connectivity index (χ0n) is 9.54. The summed E-state index contributed by atoms with van der Waals surface area (Å²) in [6, 6.07) is 0. The maximum Gasteiger partial charge on any atom is 0.0589 e. The SMILES string of the molecule is CC(N(C)C)N1CCN(CCCl)CC1. The molecule has 0 aromatic carbocycles. The third kappa shape index (κ3) is 3.39. The molecule has 0 amide bonds. The molecule has 1 atom stereocenters. The van der Waals surface area contributed by atoms with Crippen LogP contribution in [-0.2, 0) is 0 Å². The first-order valence-electron chi connectivity index (χ1n) is 5.34. The van der Waals surface area contributed by atoms with Gasteiger partial charge in [-0.3, -0.25) is 14.7 Å². The lowest BCUT2D eigenvalue weighted by Gasteiger charge is -2.40. The zero-order chi connectivity index (χ0) is 10.6. The molecule has 0 spiro atoms. The molecule has 0 saturated carbocycles. The summed E-state index contributed by atoms with van der Waals surface area (Å²) in [5.41, 5.74) is 0. The van der Waals surface area contributed by atoms with Crippen LogP contribution in [0, 0.1) is 0 Å². The molecule has 0 bridgehead atoms. The Bertz CT molecular complexity index is 155. The molecular weight excluding hydrogens is 198 g/mol. The van der Waals surface area contributed by atoms with Crippen LogP contribution in [0.1, 0.15) is 6.92 Å². The minimum Gasteiger partial charge on any atom is -0.300 e. The number of alkyl halides is 1. The standard InChI is InChI=1S/C10H22ClN3/c1-10(12(2)3)14-8-6-13(5-4-11)7-9-14/h10H,4-9H2,1-3H3. The van der Waals surface area contributed by atoms with Gasteiger partial charge in [-0.1, -0.05) is 0 Å². The maximum absolute atomic E-state index is 5.72. The third-order valence-corrected chi connectivity index (χ3v) is 3.25. The number of piperazine rings is 1. The lowest BCUT2D eigenvalue weighted by atomic mass is 10.3. The third-order valence-electron chi connectivity index (χ3n) is 3.08. The molecule has 4 heteroatoms. The van der Waals surface area contributed by atoms with E-state index in [1.165, 1.54) is 0 Å². The van der Waals surface area contributed by atoms with Crippen LogP contribution < -0.4 is 0 Å². The summed E-state index contributed by atoms with van der Waals surface area (Å²) in [6.07, 6.45) is 0.549. The van der Waals surface area contributed by atoms with Crippen LogP contribution in [-0.4, -0.2) is 73.6 Å². The monoisotopic (exact) mass is 219 g/mol. The van der Waals surface area contributed by atoms with Gasteiger partial charge in [0.05, 0.1) is 6.17 Å². The largest absolute Gasteiger partial charge is 0.300 e. The smallest absolute Gasteiger partial charge is 0.0589 e. The molecule has 1 rings (SSSR count). The molecule has 1 aliphatic heterocycles. The van der Waals surface area contributed by atoms with Crippen molar-refractivity contribution in [1.82, 2.24) is 14.7 Å². The van der Waals surface area contributed by atoms with E-state index in [2.05, 4.69) is 35.7 Å². The minimum atomic E-state index is 0.549. The van der Waals surface area contributed by atoms with E-state index in [1.807, 2.05) is 0 Å². The number of nitrogens with zero attached hydrogens (tertiary/aromatic N) is 3. The molecule has 1 unspecified atom stereocenters. The van der Waals surface area contributed by atoms with Crippen molar-refractivity contribution in [3.05, 3.63) is 0 Å². The fourth-order valence-electron chi connectivity index (χ4n) is 1.81. The fourth-order valence-corrected chi connectivity index (χ4v) is 2.05. The van der Waals surface area contributed by atoms with E-state index in [4.69, 9.17) is 11.6 Å². The fraction of sp³-hybridized carbons (Fsp3) is 1.00. The highest BCUT2D eigenvalue weighted by Gasteiger charge is 2.21. The second-order valence-electron chi connectivity index (χ2n) is 4.16. The van der Waals surface area contributed by atoms with Gasteiger partial charge in [0.1, 0.15) is 0 Å². The van der Waals surface area contributed by atoms with Gasteiger partial charge in [0.25, 0.3) is 0 Å². The van der Waals surface area contributed by atoms with Crippen LogP contribution in [0.15, 0.2) is 0 Å². The lowest BCUT2D eigenvalue weighted by Crippen LogP contribution is -2.53. The van der Waals surface area contributed by atoms with E-state index in [0.29, 0.717) is 6.17 Å². The summed E-state index contributed by atoms with van der Waals surface area (Å²) >= 11 is 5.72. The quantitative estimate of drug-likeness (QED) is 0.647.